The zero-order valence-corrected chi connectivity index (χ0v) is 18.8. The van der Waals surface area contributed by atoms with Gasteiger partial charge < -0.3 is 19.9 Å². The van der Waals surface area contributed by atoms with E-state index in [0.717, 1.165) is 54.3 Å². The van der Waals surface area contributed by atoms with E-state index in [4.69, 9.17) is 16.3 Å². The monoisotopic (exact) mass is 445 g/mol. The fourth-order valence-electron chi connectivity index (χ4n) is 3.74. The summed E-state index contributed by atoms with van der Waals surface area (Å²) in [6.07, 6.45) is 1.58. The predicted octanol–water partition coefficient (Wildman–Crippen LogP) is 4.06. The van der Waals surface area contributed by atoms with Crippen LogP contribution in [0.1, 0.15) is 22.2 Å². The number of rotatable bonds is 5. The van der Waals surface area contributed by atoms with E-state index in [9.17, 15) is 4.79 Å². The number of nitrogens with zero attached hydrogens (tertiary/aromatic N) is 4. The highest BCUT2D eigenvalue weighted by molar-refractivity contribution is 7.20. The van der Waals surface area contributed by atoms with E-state index in [1.807, 2.05) is 6.92 Å². The Morgan fingerprint density at radius 2 is 2.03 bits per heavy atom. The number of amides is 1. The third kappa shape index (κ3) is 3.95. The van der Waals surface area contributed by atoms with Crippen LogP contribution in [-0.2, 0) is 0 Å². The van der Waals surface area contributed by atoms with Crippen molar-refractivity contribution in [3.05, 3.63) is 40.0 Å². The molecule has 30 heavy (non-hydrogen) atoms. The number of methoxy groups -OCH3 is 1. The van der Waals surface area contributed by atoms with Crippen LogP contribution in [0, 0.1) is 6.92 Å². The number of halogens is 1. The summed E-state index contributed by atoms with van der Waals surface area (Å²) in [4.78, 5) is 28.2. The van der Waals surface area contributed by atoms with Gasteiger partial charge in [-0.25, -0.2) is 9.97 Å². The van der Waals surface area contributed by atoms with Gasteiger partial charge in [0, 0.05) is 31.2 Å². The quantitative estimate of drug-likeness (QED) is 0.638. The number of ether oxygens (including phenoxy) is 1. The molecule has 0 bridgehead atoms. The minimum Gasteiger partial charge on any atom is -0.495 e. The lowest BCUT2D eigenvalue weighted by Gasteiger charge is -2.35. The number of carbonyl (C=O) groups excluding carboxylic acids is 1. The zero-order chi connectivity index (χ0) is 21.3. The second-order valence-electron chi connectivity index (χ2n) is 7.15. The van der Waals surface area contributed by atoms with Crippen molar-refractivity contribution in [2.24, 2.45) is 0 Å². The molecule has 3 heterocycles. The Bertz CT molecular complexity index is 1080. The maximum Gasteiger partial charge on any atom is 0.266 e. The maximum atomic E-state index is 13.1. The number of thiophene rings is 1. The van der Waals surface area contributed by atoms with Crippen LogP contribution in [0.3, 0.4) is 0 Å². The van der Waals surface area contributed by atoms with Crippen molar-refractivity contribution >= 4 is 50.6 Å². The number of hydrogen-bond acceptors (Lipinski definition) is 7. The van der Waals surface area contributed by atoms with E-state index in [1.165, 1.54) is 11.3 Å². The number of aryl methyl sites for hydroxylation is 1. The van der Waals surface area contributed by atoms with Crippen LogP contribution in [-0.4, -0.2) is 60.6 Å². The minimum absolute atomic E-state index is 0.210. The average Bonchev–Trinajstić information content (AvgIpc) is 3.11. The van der Waals surface area contributed by atoms with Crippen LogP contribution in [0.5, 0.6) is 5.75 Å². The Labute approximate surface area is 184 Å². The molecule has 0 aliphatic carbocycles. The van der Waals surface area contributed by atoms with Gasteiger partial charge in [-0.1, -0.05) is 18.5 Å². The van der Waals surface area contributed by atoms with E-state index in [1.54, 1.807) is 31.6 Å². The standard InChI is InChI=1S/C21H24ClN5O2S/c1-4-26-7-9-27(10-8-26)19-17-13(2)18(30-21(17)24-12-23-19)20(28)25-15-11-14(22)5-6-16(15)29-3/h5-6,11-12H,4,7-10H2,1-3H3,(H,25,28). The molecule has 0 unspecified atom stereocenters. The number of fused-ring (bicyclic) bond motifs is 1. The lowest BCUT2D eigenvalue weighted by molar-refractivity contribution is 0.102. The molecule has 4 rings (SSSR count). The molecule has 3 aromatic rings. The molecule has 1 aliphatic rings. The summed E-state index contributed by atoms with van der Waals surface area (Å²) in [5, 5.41) is 4.41. The molecule has 0 spiro atoms. The molecule has 1 N–H and O–H groups in total. The van der Waals surface area contributed by atoms with E-state index in [2.05, 4.69) is 32.0 Å². The molecule has 0 radical (unpaired) electrons. The van der Waals surface area contributed by atoms with Gasteiger partial charge in [0.25, 0.3) is 5.91 Å². The van der Waals surface area contributed by atoms with Gasteiger partial charge in [0.15, 0.2) is 0 Å². The molecule has 7 nitrogen and oxygen atoms in total. The van der Waals surface area contributed by atoms with Gasteiger partial charge in [0.1, 0.15) is 22.7 Å². The molecule has 2 aromatic heterocycles. The Morgan fingerprint density at radius 3 is 2.73 bits per heavy atom. The van der Waals surface area contributed by atoms with Crippen molar-refractivity contribution in [2.75, 3.05) is 50.1 Å². The summed E-state index contributed by atoms with van der Waals surface area (Å²) in [5.74, 6) is 1.25. The molecule has 1 saturated heterocycles. The first-order chi connectivity index (χ1) is 14.5. The summed E-state index contributed by atoms with van der Waals surface area (Å²) in [6, 6.07) is 5.13. The molecule has 1 aromatic carbocycles. The Morgan fingerprint density at radius 1 is 1.27 bits per heavy atom. The predicted molar refractivity (Wildman–Crippen MR) is 122 cm³/mol. The number of benzene rings is 1. The molecule has 0 atom stereocenters. The molecule has 158 valence electrons. The number of piperazine rings is 1. The number of aromatic nitrogens is 2. The highest BCUT2D eigenvalue weighted by Crippen LogP contribution is 2.36. The van der Waals surface area contributed by atoms with Crippen LogP contribution >= 0.6 is 22.9 Å². The summed E-state index contributed by atoms with van der Waals surface area (Å²) in [5.41, 5.74) is 1.43. The third-order valence-electron chi connectivity index (χ3n) is 5.44. The largest absolute Gasteiger partial charge is 0.495 e. The van der Waals surface area contributed by atoms with E-state index in [-0.39, 0.29) is 5.91 Å². The fourth-order valence-corrected chi connectivity index (χ4v) is 4.95. The number of nitrogens with one attached hydrogen (secondary N) is 1. The normalized spacial score (nSPS) is 14.9. The van der Waals surface area contributed by atoms with E-state index < -0.39 is 0 Å². The van der Waals surface area contributed by atoms with Gasteiger partial charge in [-0.2, -0.15) is 0 Å². The lowest BCUT2D eigenvalue weighted by Crippen LogP contribution is -2.46. The van der Waals surface area contributed by atoms with E-state index in [0.29, 0.717) is 21.3 Å². The van der Waals surface area contributed by atoms with Gasteiger partial charge in [0.2, 0.25) is 0 Å². The van der Waals surface area contributed by atoms with Crippen molar-refractivity contribution < 1.29 is 9.53 Å². The van der Waals surface area contributed by atoms with Gasteiger partial charge in [-0.15, -0.1) is 11.3 Å². The van der Waals surface area contributed by atoms with Gasteiger partial charge >= 0.3 is 0 Å². The van der Waals surface area contributed by atoms with Crippen LogP contribution in [0.4, 0.5) is 11.5 Å². The van der Waals surface area contributed by atoms with Crippen molar-refractivity contribution in [3.63, 3.8) is 0 Å². The SMILES string of the molecule is CCN1CCN(c2ncnc3sc(C(=O)Nc4cc(Cl)ccc4OC)c(C)c23)CC1. The number of hydrogen-bond donors (Lipinski definition) is 1. The topological polar surface area (TPSA) is 70.6 Å². The molecular formula is C21H24ClN5O2S. The van der Waals surface area contributed by atoms with Crippen LogP contribution < -0.4 is 15.0 Å². The van der Waals surface area contributed by atoms with E-state index >= 15 is 0 Å². The number of anilines is 2. The van der Waals surface area contributed by atoms with Crippen molar-refractivity contribution in [1.82, 2.24) is 14.9 Å². The summed E-state index contributed by atoms with van der Waals surface area (Å²) >= 11 is 7.47. The smallest absolute Gasteiger partial charge is 0.266 e. The first-order valence-corrected chi connectivity index (χ1v) is 11.1. The second-order valence-corrected chi connectivity index (χ2v) is 8.59. The first kappa shape index (κ1) is 20.8. The van der Waals surface area contributed by atoms with Crippen molar-refractivity contribution in [1.29, 1.82) is 0 Å². The molecule has 1 fully saturated rings. The fraction of sp³-hybridized carbons (Fsp3) is 0.381. The summed E-state index contributed by atoms with van der Waals surface area (Å²) in [6.45, 7) is 9.04. The zero-order valence-electron chi connectivity index (χ0n) is 17.2. The Kier molecular flexibility index (Phi) is 6.08. The molecular weight excluding hydrogens is 422 g/mol. The Balaban J connectivity index is 1.66. The third-order valence-corrected chi connectivity index (χ3v) is 6.88. The van der Waals surface area contributed by atoms with Crippen LogP contribution in [0.2, 0.25) is 5.02 Å². The lowest BCUT2D eigenvalue weighted by atomic mass is 10.1. The van der Waals surface area contributed by atoms with Crippen LogP contribution in [0.25, 0.3) is 10.2 Å². The molecule has 1 aliphatic heterocycles. The summed E-state index contributed by atoms with van der Waals surface area (Å²) < 4.78 is 5.34. The number of carbonyl (C=O) groups is 1. The first-order valence-electron chi connectivity index (χ1n) is 9.88. The van der Waals surface area contributed by atoms with Crippen LogP contribution in [0.15, 0.2) is 24.5 Å². The van der Waals surface area contributed by atoms with Gasteiger partial charge in [0.05, 0.1) is 23.1 Å². The van der Waals surface area contributed by atoms with Gasteiger partial charge in [-0.3, -0.25) is 4.79 Å². The molecule has 9 heteroatoms. The highest BCUT2D eigenvalue weighted by Gasteiger charge is 2.24. The van der Waals surface area contributed by atoms with Crippen molar-refractivity contribution in [2.45, 2.75) is 13.8 Å². The minimum atomic E-state index is -0.210. The molecule has 0 saturated carbocycles. The summed E-state index contributed by atoms with van der Waals surface area (Å²) in [7, 11) is 1.56. The molecule has 1 amide bonds. The Hall–Kier alpha value is -2.42. The van der Waals surface area contributed by atoms with Crippen molar-refractivity contribution in [3.8, 4) is 5.75 Å². The number of likely N-dealkylation sites (N-methyl/N-ethyl adjacent to an activating group) is 1. The second kappa shape index (κ2) is 8.75. The highest BCUT2D eigenvalue weighted by atomic mass is 35.5. The average molecular weight is 446 g/mol. The maximum absolute atomic E-state index is 13.1. The van der Waals surface area contributed by atoms with Gasteiger partial charge in [-0.05, 0) is 37.2 Å².